The van der Waals surface area contributed by atoms with Crippen molar-refractivity contribution in [3.05, 3.63) is 53.6 Å². The Morgan fingerprint density at radius 3 is 2.22 bits per heavy atom. The number of hydrogen-bond donors (Lipinski definition) is 2. The summed E-state index contributed by atoms with van der Waals surface area (Å²) < 4.78 is 10.4. The molecule has 2 amide bonds. The number of rotatable bonds is 7. The Morgan fingerprint density at radius 1 is 0.963 bits per heavy atom. The normalized spacial score (nSPS) is 10.9. The van der Waals surface area contributed by atoms with E-state index >= 15 is 0 Å². The molecule has 144 valence electrons. The molecule has 2 N–H and O–H groups in total. The maximum atomic E-state index is 12.7. The number of aryl methyl sites for hydroxylation is 1. The molecule has 0 aliphatic carbocycles. The first kappa shape index (κ1) is 20.3. The third-order valence-corrected chi connectivity index (χ3v) is 4.35. The maximum Gasteiger partial charge on any atom is 0.239 e. The second-order valence-corrected chi connectivity index (χ2v) is 6.81. The van der Waals surface area contributed by atoms with E-state index in [0.29, 0.717) is 18.0 Å². The Hall–Kier alpha value is -3.02. The summed E-state index contributed by atoms with van der Waals surface area (Å²) in [5, 5.41) is 5.61. The topological polar surface area (TPSA) is 76.7 Å². The van der Waals surface area contributed by atoms with Crippen molar-refractivity contribution in [2.45, 2.75) is 27.3 Å². The highest BCUT2D eigenvalue weighted by atomic mass is 16.5. The standard InChI is InChI=1S/C21H26N2O4/c1-14-6-11-18(27-5)17(12-14)23-20(25)21(2,3)19(24)22-13-15-7-9-16(26-4)10-8-15/h6-12H,13H2,1-5H3,(H,22,24)(H,23,25). The third-order valence-electron chi connectivity index (χ3n) is 4.35. The second-order valence-electron chi connectivity index (χ2n) is 6.81. The summed E-state index contributed by atoms with van der Waals surface area (Å²) in [4.78, 5) is 25.3. The zero-order valence-corrected chi connectivity index (χ0v) is 16.4. The van der Waals surface area contributed by atoms with Gasteiger partial charge in [0, 0.05) is 6.54 Å². The van der Waals surface area contributed by atoms with Crippen LogP contribution in [-0.2, 0) is 16.1 Å². The van der Waals surface area contributed by atoms with E-state index in [-0.39, 0.29) is 5.91 Å². The van der Waals surface area contributed by atoms with Gasteiger partial charge in [0.15, 0.2) is 0 Å². The predicted octanol–water partition coefficient (Wildman–Crippen LogP) is 3.29. The van der Waals surface area contributed by atoms with Gasteiger partial charge in [0.2, 0.25) is 11.8 Å². The molecule has 27 heavy (non-hydrogen) atoms. The van der Waals surface area contributed by atoms with Gasteiger partial charge in [-0.05, 0) is 56.2 Å². The largest absolute Gasteiger partial charge is 0.497 e. The smallest absolute Gasteiger partial charge is 0.239 e. The average Bonchev–Trinajstić information content (AvgIpc) is 2.66. The summed E-state index contributed by atoms with van der Waals surface area (Å²) in [7, 11) is 3.13. The zero-order chi connectivity index (χ0) is 20.0. The van der Waals surface area contributed by atoms with Gasteiger partial charge in [0.1, 0.15) is 16.9 Å². The van der Waals surface area contributed by atoms with E-state index in [4.69, 9.17) is 9.47 Å². The van der Waals surface area contributed by atoms with Gasteiger partial charge in [-0.25, -0.2) is 0 Å². The third kappa shape index (κ3) is 5.00. The van der Waals surface area contributed by atoms with Gasteiger partial charge in [-0.1, -0.05) is 18.2 Å². The summed E-state index contributed by atoms with van der Waals surface area (Å²) in [6, 6.07) is 12.9. The van der Waals surface area contributed by atoms with Crippen LogP contribution in [0.2, 0.25) is 0 Å². The number of ether oxygens (including phenoxy) is 2. The summed E-state index contributed by atoms with van der Waals surface area (Å²) in [6.07, 6.45) is 0. The fraction of sp³-hybridized carbons (Fsp3) is 0.333. The van der Waals surface area contributed by atoms with Crippen molar-refractivity contribution in [3.8, 4) is 11.5 Å². The van der Waals surface area contributed by atoms with Crippen LogP contribution in [0.1, 0.15) is 25.0 Å². The molecule has 2 aromatic carbocycles. The minimum atomic E-state index is -1.25. The van der Waals surface area contributed by atoms with Gasteiger partial charge in [-0.2, -0.15) is 0 Å². The van der Waals surface area contributed by atoms with E-state index in [1.165, 1.54) is 7.11 Å². The number of benzene rings is 2. The number of hydrogen-bond acceptors (Lipinski definition) is 4. The van der Waals surface area contributed by atoms with Gasteiger partial charge < -0.3 is 20.1 Å². The summed E-state index contributed by atoms with van der Waals surface area (Å²) in [5.41, 5.74) is 1.19. The molecule has 0 heterocycles. The Bertz CT molecular complexity index is 813. The van der Waals surface area contributed by atoms with Gasteiger partial charge in [0.05, 0.1) is 19.9 Å². The van der Waals surface area contributed by atoms with Gasteiger partial charge in [-0.15, -0.1) is 0 Å². The van der Waals surface area contributed by atoms with E-state index < -0.39 is 11.3 Å². The van der Waals surface area contributed by atoms with Crippen LogP contribution >= 0.6 is 0 Å². The lowest BCUT2D eigenvalue weighted by Crippen LogP contribution is -2.44. The molecule has 0 atom stereocenters. The summed E-state index contributed by atoms with van der Waals surface area (Å²) >= 11 is 0. The van der Waals surface area contributed by atoms with Gasteiger partial charge in [-0.3, -0.25) is 9.59 Å². The van der Waals surface area contributed by atoms with E-state index in [9.17, 15) is 9.59 Å². The monoisotopic (exact) mass is 370 g/mol. The Balaban J connectivity index is 2.03. The highest BCUT2D eigenvalue weighted by Gasteiger charge is 2.36. The van der Waals surface area contributed by atoms with Crippen molar-refractivity contribution in [1.82, 2.24) is 5.32 Å². The summed E-state index contributed by atoms with van der Waals surface area (Å²) in [6.45, 7) is 5.43. The van der Waals surface area contributed by atoms with Crippen molar-refractivity contribution in [2.75, 3.05) is 19.5 Å². The van der Waals surface area contributed by atoms with Crippen molar-refractivity contribution in [3.63, 3.8) is 0 Å². The SMILES string of the molecule is COc1ccc(CNC(=O)C(C)(C)C(=O)Nc2cc(C)ccc2OC)cc1. The van der Waals surface area contributed by atoms with E-state index in [0.717, 1.165) is 16.9 Å². The van der Waals surface area contributed by atoms with Crippen molar-refractivity contribution in [1.29, 1.82) is 0 Å². The van der Waals surface area contributed by atoms with E-state index in [2.05, 4.69) is 10.6 Å². The number of carbonyl (C=O) groups is 2. The number of amides is 2. The molecule has 0 aromatic heterocycles. The predicted molar refractivity (Wildman–Crippen MR) is 105 cm³/mol. The highest BCUT2D eigenvalue weighted by molar-refractivity contribution is 6.10. The molecule has 0 fully saturated rings. The minimum Gasteiger partial charge on any atom is -0.497 e. The van der Waals surface area contributed by atoms with Crippen LogP contribution < -0.4 is 20.1 Å². The number of nitrogens with one attached hydrogen (secondary N) is 2. The molecule has 0 aliphatic rings. The molecule has 0 saturated heterocycles. The summed E-state index contributed by atoms with van der Waals surface area (Å²) in [5.74, 6) is 0.529. The first-order valence-electron chi connectivity index (χ1n) is 8.65. The minimum absolute atomic E-state index is 0.327. The Labute approximate surface area is 159 Å². The lowest BCUT2D eigenvalue weighted by molar-refractivity contribution is -0.138. The van der Waals surface area contributed by atoms with Gasteiger partial charge in [0.25, 0.3) is 0 Å². The van der Waals surface area contributed by atoms with Crippen molar-refractivity contribution >= 4 is 17.5 Å². The number of methoxy groups -OCH3 is 2. The van der Waals surface area contributed by atoms with Crippen LogP contribution in [0.15, 0.2) is 42.5 Å². The van der Waals surface area contributed by atoms with Crippen molar-refractivity contribution in [2.24, 2.45) is 5.41 Å². The molecule has 2 rings (SSSR count). The van der Waals surface area contributed by atoms with E-state index in [1.54, 1.807) is 27.0 Å². The second kappa shape index (κ2) is 8.58. The van der Waals surface area contributed by atoms with Gasteiger partial charge >= 0.3 is 0 Å². The molecule has 0 bridgehead atoms. The lowest BCUT2D eigenvalue weighted by Gasteiger charge is -2.23. The molecule has 0 spiro atoms. The van der Waals surface area contributed by atoms with Crippen LogP contribution in [0.4, 0.5) is 5.69 Å². The van der Waals surface area contributed by atoms with Crippen molar-refractivity contribution < 1.29 is 19.1 Å². The molecule has 6 nitrogen and oxygen atoms in total. The first-order valence-corrected chi connectivity index (χ1v) is 8.65. The maximum absolute atomic E-state index is 12.7. The van der Waals surface area contributed by atoms with Crippen LogP contribution in [0.3, 0.4) is 0 Å². The molecule has 0 saturated carbocycles. The average molecular weight is 370 g/mol. The van der Waals surface area contributed by atoms with Crippen LogP contribution in [0, 0.1) is 12.3 Å². The van der Waals surface area contributed by atoms with Crippen LogP contribution in [-0.4, -0.2) is 26.0 Å². The lowest BCUT2D eigenvalue weighted by atomic mass is 9.90. The molecule has 2 aromatic rings. The molecule has 0 radical (unpaired) electrons. The molecule has 6 heteroatoms. The molecule has 0 aliphatic heterocycles. The first-order chi connectivity index (χ1) is 12.8. The molecular formula is C21H26N2O4. The Kier molecular flexibility index (Phi) is 6.45. The highest BCUT2D eigenvalue weighted by Crippen LogP contribution is 2.28. The fourth-order valence-electron chi connectivity index (χ4n) is 2.45. The fourth-order valence-corrected chi connectivity index (χ4v) is 2.45. The number of anilines is 1. The number of carbonyl (C=O) groups excluding carboxylic acids is 2. The molecule has 0 unspecified atom stereocenters. The zero-order valence-electron chi connectivity index (χ0n) is 16.4. The van der Waals surface area contributed by atoms with E-state index in [1.807, 2.05) is 43.3 Å². The Morgan fingerprint density at radius 2 is 1.63 bits per heavy atom. The quantitative estimate of drug-likeness (QED) is 0.733. The van der Waals surface area contributed by atoms with Crippen LogP contribution in [0.5, 0.6) is 11.5 Å². The molecular weight excluding hydrogens is 344 g/mol. The van der Waals surface area contributed by atoms with Crippen LogP contribution in [0.25, 0.3) is 0 Å².